The smallest absolute Gasteiger partial charge is 0.326 e. The van der Waals surface area contributed by atoms with Crippen LogP contribution in [-0.4, -0.2) is 40.6 Å². The van der Waals surface area contributed by atoms with E-state index < -0.39 is 12.0 Å². The van der Waals surface area contributed by atoms with Gasteiger partial charge in [-0.15, -0.1) is 0 Å². The summed E-state index contributed by atoms with van der Waals surface area (Å²) < 4.78 is 0. The lowest BCUT2D eigenvalue weighted by Gasteiger charge is -2.30. The van der Waals surface area contributed by atoms with Crippen LogP contribution in [0.2, 0.25) is 0 Å². The average molecular weight is 296 g/mol. The van der Waals surface area contributed by atoms with E-state index in [9.17, 15) is 14.7 Å². The molecule has 0 radical (unpaired) electrons. The van der Waals surface area contributed by atoms with Gasteiger partial charge in [0.05, 0.1) is 0 Å². The molecule has 2 amide bonds. The Kier molecular flexibility index (Phi) is 6.33. The summed E-state index contributed by atoms with van der Waals surface area (Å²) in [5.41, 5.74) is 0. The number of carbonyl (C=O) groups excluding carboxylic acids is 1. The molecule has 1 atom stereocenters. The third kappa shape index (κ3) is 4.90. The van der Waals surface area contributed by atoms with Crippen LogP contribution >= 0.6 is 0 Å². The SMILES string of the molecule is O=C(O)C1CCCCCN1C(=O)NC1CCCCCCC1. The molecule has 1 saturated carbocycles. The number of aliphatic carboxylic acids is 1. The van der Waals surface area contributed by atoms with Gasteiger partial charge in [-0.25, -0.2) is 9.59 Å². The monoisotopic (exact) mass is 296 g/mol. The van der Waals surface area contributed by atoms with Gasteiger partial charge in [0, 0.05) is 12.6 Å². The Balaban J connectivity index is 1.93. The Morgan fingerprint density at radius 2 is 1.43 bits per heavy atom. The van der Waals surface area contributed by atoms with E-state index in [0.717, 1.165) is 44.9 Å². The van der Waals surface area contributed by atoms with Crippen LogP contribution in [0.3, 0.4) is 0 Å². The van der Waals surface area contributed by atoms with Gasteiger partial charge < -0.3 is 15.3 Å². The zero-order valence-corrected chi connectivity index (χ0v) is 12.9. The van der Waals surface area contributed by atoms with Crippen LogP contribution in [0.15, 0.2) is 0 Å². The second-order valence-electron chi connectivity index (χ2n) is 6.39. The molecule has 1 saturated heterocycles. The molecular formula is C16H28N2O3. The molecule has 1 aliphatic heterocycles. The van der Waals surface area contributed by atoms with E-state index in [1.54, 1.807) is 4.90 Å². The van der Waals surface area contributed by atoms with Crippen LogP contribution in [-0.2, 0) is 4.79 Å². The van der Waals surface area contributed by atoms with Crippen molar-refractivity contribution in [3.8, 4) is 0 Å². The minimum Gasteiger partial charge on any atom is -0.480 e. The molecule has 1 aliphatic carbocycles. The van der Waals surface area contributed by atoms with Gasteiger partial charge in [0.1, 0.15) is 6.04 Å². The van der Waals surface area contributed by atoms with Crippen molar-refractivity contribution in [2.24, 2.45) is 0 Å². The lowest BCUT2D eigenvalue weighted by atomic mass is 9.97. The van der Waals surface area contributed by atoms with Crippen LogP contribution in [0.25, 0.3) is 0 Å². The highest BCUT2D eigenvalue weighted by molar-refractivity contribution is 5.82. The van der Waals surface area contributed by atoms with Crippen molar-refractivity contribution in [3.05, 3.63) is 0 Å². The number of amides is 2. The molecule has 0 aromatic heterocycles. The zero-order valence-electron chi connectivity index (χ0n) is 12.9. The second-order valence-corrected chi connectivity index (χ2v) is 6.39. The number of rotatable bonds is 2. The minimum atomic E-state index is -0.871. The normalized spacial score (nSPS) is 25.5. The van der Waals surface area contributed by atoms with Crippen LogP contribution in [0, 0.1) is 0 Å². The average Bonchev–Trinajstić information content (AvgIpc) is 2.67. The summed E-state index contributed by atoms with van der Waals surface area (Å²) in [6.45, 7) is 0.565. The van der Waals surface area contributed by atoms with Gasteiger partial charge in [0.2, 0.25) is 0 Å². The topological polar surface area (TPSA) is 69.6 Å². The van der Waals surface area contributed by atoms with Crippen molar-refractivity contribution in [3.63, 3.8) is 0 Å². The third-order valence-corrected chi connectivity index (χ3v) is 4.73. The summed E-state index contributed by atoms with van der Waals surface area (Å²) in [6, 6.07) is -0.605. The second kappa shape index (κ2) is 8.25. The predicted molar refractivity (Wildman–Crippen MR) is 81.2 cm³/mol. The Bertz CT molecular complexity index is 351. The number of urea groups is 1. The number of nitrogens with zero attached hydrogens (tertiary/aromatic N) is 1. The zero-order chi connectivity index (χ0) is 15.1. The fourth-order valence-corrected chi connectivity index (χ4v) is 3.47. The van der Waals surface area contributed by atoms with E-state index in [2.05, 4.69) is 5.32 Å². The Labute approximate surface area is 127 Å². The maximum absolute atomic E-state index is 12.5. The highest BCUT2D eigenvalue weighted by Gasteiger charge is 2.31. The number of carboxylic acids is 1. The Morgan fingerprint density at radius 1 is 0.857 bits per heavy atom. The van der Waals surface area contributed by atoms with Crippen LogP contribution in [0.5, 0.6) is 0 Å². The molecule has 5 nitrogen and oxygen atoms in total. The molecule has 21 heavy (non-hydrogen) atoms. The third-order valence-electron chi connectivity index (χ3n) is 4.73. The molecule has 120 valence electrons. The summed E-state index contributed by atoms with van der Waals surface area (Å²) in [6.07, 6.45) is 11.5. The fraction of sp³-hybridized carbons (Fsp3) is 0.875. The van der Waals surface area contributed by atoms with Crippen LogP contribution in [0.4, 0.5) is 4.79 Å². The van der Waals surface area contributed by atoms with Crippen molar-refractivity contribution < 1.29 is 14.7 Å². The van der Waals surface area contributed by atoms with Crippen molar-refractivity contribution in [2.75, 3.05) is 6.54 Å². The minimum absolute atomic E-state index is 0.171. The molecule has 5 heteroatoms. The summed E-state index contributed by atoms with van der Waals surface area (Å²) in [4.78, 5) is 25.4. The van der Waals surface area contributed by atoms with E-state index in [4.69, 9.17) is 0 Å². The summed E-state index contributed by atoms with van der Waals surface area (Å²) in [5, 5.41) is 12.4. The first kappa shape index (κ1) is 16.1. The fourth-order valence-electron chi connectivity index (χ4n) is 3.47. The van der Waals surface area contributed by atoms with Crippen LogP contribution < -0.4 is 5.32 Å². The molecule has 2 fully saturated rings. The van der Waals surface area contributed by atoms with E-state index in [1.807, 2.05) is 0 Å². The van der Waals surface area contributed by atoms with Gasteiger partial charge in [0.15, 0.2) is 0 Å². The molecule has 0 bridgehead atoms. The molecule has 2 aliphatic rings. The number of likely N-dealkylation sites (tertiary alicyclic amines) is 1. The number of hydrogen-bond donors (Lipinski definition) is 2. The van der Waals surface area contributed by atoms with Gasteiger partial charge >= 0.3 is 12.0 Å². The highest BCUT2D eigenvalue weighted by Crippen LogP contribution is 2.20. The molecule has 2 N–H and O–H groups in total. The molecule has 0 spiro atoms. The van der Waals surface area contributed by atoms with Crippen molar-refractivity contribution in [2.45, 2.75) is 82.7 Å². The van der Waals surface area contributed by atoms with Gasteiger partial charge in [0.25, 0.3) is 0 Å². The number of carbonyl (C=O) groups is 2. The van der Waals surface area contributed by atoms with Crippen molar-refractivity contribution >= 4 is 12.0 Å². The molecule has 0 aromatic rings. The molecular weight excluding hydrogens is 268 g/mol. The molecule has 1 heterocycles. The van der Waals surface area contributed by atoms with Crippen molar-refractivity contribution in [1.29, 1.82) is 0 Å². The lowest BCUT2D eigenvalue weighted by Crippen LogP contribution is -2.51. The maximum atomic E-state index is 12.5. The number of hydrogen-bond acceptors (Lipinski definition) is 2. The molecule has 0 aromatic carbocycles. The largest absolute Gasteiger partial charge is 0.480 e. The lowest BCUT2D eigenvalue weighted by molar-refractivity contribution is -0.142. The van der Waals surface area contributed by atoms with Crippen LogP contribution in [0.1, 0.15) is 70.6 Å². The Hall–Kier alpha value is -1.26. The van der Waals surface area contributed by atoms with E-state index >= 15 is 0 Å². The summed E-state index contributed by atoms with van der Waals surface area (Å²) in [5.74, 6) is -0.871. The first-order chi connectivity index (χ1) is 10.2. The quantitative estimate of drug-likeness (QED) is 0.822. The molecule has 2 rings (SSSR count). The van der Waals surface area contributed by atoms with Gasteiger partial charge in [-0.3, -0.25) is 0 Å². The van der Waals surface area contributed by atoms with Gasteiger partial charge in [-0.2, -0.15) is 0 Å². The predicted octanol–water partition coefficient (Wildman–Crippen LogP) is 3.14. The van der Waals surface area contributed by atoms with Crippen molar-refractivity contribution in [1.82, 2.24) is 10.2 Å². The summed E-state index contributed by atoms with van der Waals surface area (Å²) >= 11 is 0. The van der Waals surface area contributed by atoms with E-state index in [0.29, 0.717) is 13.0 Å². The highest BCUT2D eigenvalue weighted by atomic mass is 16.4. The maximum Gasteiger partial charge on any atom is 0.326 e. The first-order valence-electron chi connectivity index (χ1n) is 8.48. The van der Waals surface area contributed by atoms with Gasteiger partial charge in [-0.05, 0) is 25.7 Å². The standard InChI is InChI=1S/C16H28N2O3/c19-15(20)14-11-7-4-8-12-18(14)16(21)17-13-9-5-2-1-3-6-10-13/h13-14H,1-12H2,(H,17,21)(H,19,20). The van der Waals surface area contributed by atoms with Gasteiger partial charge in [-0.1, -0.05) is 44.9 Å². The Morgan fingerprint density at radius 3 is 2.10 bits per heavy atom. The summed E-state index contributed by atoms with van der Waals surface area (Å²) in [7, 11) is 0. The van der Waals surface area contributed by atoms with E-state index in [1.165, 1.54) is 19.3 Å². The van der Waals surface area contributed by atoms with E-state index in [-0.39, 0.29) is 12.1 Å². The molecule has 1 unspecified atom stereocenters. The number of nitrogens with one attached hydrogen (secondary N) is 1. The first-order valence-corrected chi connectivity index (χ1v) is 8.48. The number of carboxylic acid groups (broad SMARTS) is 1.